The van der Waals surface area contributed by atoms with Crippen molar-refractivity contribution in [3.05, 3.63) is 63.9 Å². The number of thioether (sulfide) groups is 1. The molecule has 106 valence electrons. The third-order valence-corrected chi connectivity index (χ3v) is 5.01. The lowest BCUT2D eigenvalue weighted by Gasteiger charge is -2.00. The van der Waals surface area contributed by atoms with E-state index >= 15 is 0 Å². The van der Waals surface area contributed by atoms with Crippen molar-refractivity contribution in [2.24, 2.45) is 0 Å². The fourth-order valence-electron chi connectivity index (χ4n) is 1.72. The smallest absolute Gasteiger partial charge is 0.247 e. The van der Waals surface area contributed by atoms with Gasteiger partial charge in [-0.05, 0) is 52.3 Å². The van der Waals surface area contributed by atoms with E-state index in [1.165, 1.54) is 0 Å². The van der Waals surface area contributed by atoms with Crippen LogP contribution in [0.1, 0.15) is 5.89 Å². The first-order valence-corrected chi connectivity index (χ1v) is 8.34. The molecule has 0 amide bonds. The highest BCUT2D eigenvalue weighted by Gasteiger charge is 2.09. The molecule has 0 aliphatic carbocycles. The third-order valence-electron chi connectivity index (χ3n) is 2.75. The zero-order valence-corrected chi connectivity index (χ0v) is 14.0. The van der Waals surface area contributed by atoms with Crippen LogP contribution in [0, 0.1) is 0 Å². The van der Waals surface area contributed by atoms with E-state index < -0.39 is 0 Å². The van der Waals surface area contributed by atoms with Gasteiger partial charge >= 0.3 is 0 Å². The van der Waals surface area contributed by atoms with Gasteiger partial charge in [-0.3, -0.25) is 0 Å². The first kappa shape index (κ1) is 14.6. The molecule has 0 radical (unpaired) electrons. The summed E-state index contributed by atoms with van der Waals surface area (Å²) in [4.78, 5) is 1.14. The van der Waals surface area contributed by atoms with Gasteiger partial charge in [-0.25, -0.2) is 0 Å². The van der Waals surface area contributed by atoms with Crippen molar-refractivity contribution in [2.75, 3.05) is 0 Å². The van der Waals surface area contributed by atoms with Crippen LogP contribution >= 0.6 is 39.3 Å². The van der Waals surface area contributed by atoms with Crippen LogP contribution < -0.4 is 0 Å². The lowest BCUT2D eigenvalue weighted by atomic mass is 10.2. The second-order valence-electron chi connectivity index (χ2n) is 4.23. The number of nitrogens with zero attached hydrogens (tertiary/aromatic N) is 2. The number of rotatable bonds is 4. The van der Waals surface area contributed by atoms with Crippen LogP contribution in [0.4, 0.5) is 0 Å². The maximum Gasteiger partial charge on any atom is 0.247 e. The number of benzene rings is 2. The number of aromatic nitrogens is 2. The van der Waals surface area contributed by atoms with Crippen LogP contribution in [0.25, 0.3) is 11.5 Å². The van der Waals surface area contributed by atoms with Gasteiger partial charge in [0.05, 0.1) is 5.75 Å². The molecule has 0 saturated heterocycles. The van der Waals surface area contributed by atoms with Gasteiger partial charge < -0.3 is 4.42 Å². The van der Waals surface area contributed by atoms with Crippen molar-refractivity contribution in [3.8, 4) is 11.5 Å². The molecule has 0 spiro atoms. The standard InChI is InChI=1S/C15H10BrClN2OS/c16-12-3-1-2-4-13(12)21-9-14-18-19-15(20-14)10-5-7-11(17)8-6-10/h1-8H,9H2. The minimum atomic E-state index is 0.509. The number of halogens is 2. The molecule has 3 aromatic rings. The molecule has 0 bridgehead atoms. The van der Waals surface area contributed by atoms with E-state index in [0.29, 0.717) is 22.6 Å². The fourth-order valence-corrected chi connectivity index (χ4v) is 3.25. The SMILES string of the molecule is Clc1ccc(-c2nnc(CSc3ccccc3Br)o2)cc1. The second kappa shape index (κ2) is 6.64. The van der Waals surface area contributed by atoms with Crippen LogP contribution in [0.15, 0.2) is 62.3 Å². The molecule has 3 nitrogen and oxygen atoms in total. The minimum Gasteiger partial charge on any atom is -0.420 e. The number of hydrogen-bond acceptors (Lipinski definition) is 4. The molecule has 3 rings (SSSR count). The van der Waals surface area contributed by atoms with Crippen molar-refractivity contribution >= 4 is 39.3 Å². The van der Waals surface area contributed by atoms with E-state index in [0.717, 1.165) is 14.9 Å². The average molecular weight is 382 g/mol. The van der Waals surface area contributed by atoms with Gasteiger partial charge in [-0.1, -0.05) is 23.7 Å². The van der Waals surface area contributed by atoms with Gasteiger partial charge in [0, 0.05) is 20.0 Å². The Hall–Kier alpha value is -1.30. The van der Waals surface area contributed by atoms with Gasteiger partial charge in [0.15, 0.2) is 0 Å². The summed E-state index contributed by atoms with van der Waals surface area (Å²) >= 11 is 11.0. The Morgan fingerprint density at radius 1 is 1.05 bits per heavy atom. The van der Waals surface area contributed by atoms with Crippen LogP contribution in [-0.4, -0.2) is 10.2 Å². The molecule has 2 aromatic carbocycles. The molecular formula is C15H10BrClN2OS. The second-order valence-corrected chi connectivity index (χ2v) is 6.53. The van der Waals surface area contributed by atoms with Crippen molar-refractivity contribution < 1.29 is 4.42 Å². The zero-order chi connectivity index (χ0) is 14.7. The summed E-state index contributed by atoms with van der Waals surface area (Å²) < 4.78 is 6.73. The Balaban J connectivity index is 1.71. The van der Waals surface area contributed by atoms with Crippen LogP contribution in [0.3, 0.4) is 0 Å². The van der Waals surface area contributed by atoms with E-state index in [-0.39, 0.29) is 0 Å². The van der Waals surface area contributed by atoms with Gasteiger partial charge in [0.2, 0.25) is 11.8 Å². The summed E-state index contributed by atoms with van der Waals surface area (Å²) in [6.45, 7) is 0. The molecular weight excluding hydrogens is 372 g/mol. The van der Waals surface area contributed by atoms with Gasteiger partial charge in [-0.2, -0.15) is 0 Å². The summed E-state index contributed by atoms with van der Waals surface area (Å²) in [5.41, 5.74) is 0.865. The zero-order valence-electron chi connectivity index (χ0n) is 10.8. The highest BCUT2D eigenvalue weighted by Crippen LogP contribution is 2.30. The molecule has 0 unspecified atom stereocenters. The highest BCUT2D eigenvalue weighted by atomic mass is 79.9. The van der Waals surface area contributed by atoms with E-state index in [2.05, 4.69) is 26.1 Å². The summed E-state index contributed by atoms with van der Waals surface area (Å²) in [7, 11) is 0. The fraction of sp³-hybridized carbons (Fsp3) is 0.0667. The molecule has 1 aromatic heterocycles. The maximum atomic E-state index is 5.86. The molecule has 0 saturated carbocycles. The van der Waals surface area contributed by atoms with Crippen LogP contribution in [0.5, 0.6) is 0 Å². The van der Waals surface area contributed by atoms with Crippen LogP contribution in [0.2, 0.25) is 5.02 Å². The summed E-state index contributed by atoms with van der Waals surface area (Å²) in [6.07, 6.45) is 0. The predicted octanol–water partition coefficient (Wildman–Crippen LogP) is 5.44. The lowest BCUT2D eigenvalue weighted by molar-refractivity contribution is 0.528. The summed E-state index contributed by atoms with van der Waals surface area (Å²) in [5, 5.41) is 8.82. The average Bonchev–Trinajstić information content (AvgIpc) is 2.96. The molecule has 0 fully saturated rings. The van der Waals surface area contributed by atoms with Crippen molar-refractivity contribution in [3.63, 3.8) is 0 Å². The van der Waals surface area contributed by atoms with E-state index in [9.17, 15) is 0 Å². The number of hydrogen-bond donors (Lipinski definition) is 0. The Morgan fingerprint density at radius 2 is 1.81 bits per heavy atom. The summed E-state index contributed by atoms with van der Waals surface area (Å²) in [5.74, 6) is 1.73. The Bertz CT molecular complexity index is 745. The van der Waals surface area contributed by atoms with Crippen molar-refractivity contribution in [2.45, 2.75) is 10.6 Å². The molecule has 21 heavy (non-hydrogen) atoms. The molecule has 0 atom stereocenters. The normalized spacial score (nSPS) is 10.8. The van der Waals surface area contributed by atoms with E-state index in [1.54, 1.807) is 23.9 Å². The largest absolute Gasteiger partial charge is 0.420 e. The lowest BCUT2D eigenvalue weighted by Crippen LogP contribution is -1.81. The molecule has 1 heterocycles. The molecule has 0 N–H and O–H groups in total. The first-order valence-electron chi connectivity index (χ1n) is 6.18. The predicted molar refractivity (Wildman–Crippen MR) is 88.4 cm³/mol. The van der Waals surface area contributed by atoms with E-state index in [4.69, 9.17) is 16.0 Å². The topological polar surface area (TPSA) is 38.9 Å². The maximum absolute atomic E-state index is 5.86. The van der Waals surface area contributed by atoms with E-state index in [1.807, 2.05) is 36.4 Å². The van der Waals surface area contributed by atoms with Crippen molar-refractivity contribution in [1.29, 1.82) is 0 Å². The Kier molecular flexibility index (Phi) is 4.63. The highest BCUT2D eigenvalue weighted by molar-refractivity contribution is 9.10. The Labute approximate surface area is 139 Å². The molecule has 0 aliphatic heterocycles. The van der Waals surface area contributed by atoms with Gasteiger partial charge in [0.1, 0.15) is 0 Å². The molecule has 6 heteroatoms. The monoisotopic (exact) mass is 380 g/mol. The van der Waals surface area contributed by atoms with Gasteiger partial charge in [0.25, 0.3) is 0 Å². The van der Waals surface area contributed by atoms with Crippen molar-refractivity contribution in [1.82, 2.24) is 10.2 Å². The van der Waals surface area contributed by atoms with Crippen LogP contribution in [-0.2, 0) is 5.75 Å². The quantitative estimate of drug-likeness (QED) is 0.564. The Morgan fingerprint density at radius 3 is 2.57 bits per heavy atom. The molecule has 0 aliphatic rings. The van der Waals surface area contributed by atoms with Gasteiger partial charge in [-0.15, -0.1) is 22.0 Å². The third kappa shape index (κ3) is 3.67. The minimum absolute atomic E-state index is 0.509. The first-order chi connectivity index (χ1) is 10.2. The summed E-state index contributed by atoms with van der Waals surface area (Å²) in [6, 6.07) is 15.4.